The van der Waals surface area contributed by atoms with E-state index in [4.69, 9.17) is 14.6 Å². The van der Waals surface area contributed by atoms with Crippen molar-refractivity contribution in [3.05, 3.63) is 18.0 Å². The molecule has 0 fully saturated rings. The normalized spacial score (nSPS) is 11.9. The minimum Gasteiger partial charge on any atom is -0.477 e. The first-order chi connectivity index (χ1) is 8.40. The summed E-state index contributed by atoms with van der Waals surface area (Å²) in [6.45, 7) is -0.0804. The molecule has 8 nitrogen and oxygen atoms in total. The van der Waals surface area contributed by atoms with Gasteiger partial charge in [0.2, 0.25) is 10.0 Å². The van der Waals surface area contributed by atoms with Gasteiger partial charge in [-0.3, -0.25) is 0 Å². The maximum Gasteiger partial charge on any atom is 0.352 e. The van der Waals surface area contributed by atoms with Crippen LogP contribution in [0.25, 0.3) is 0 Å². The summed E-state index contributed by atoms with van der Waals surface area (Å²) in [5.74, 6) is -1.23. The molecule has 0 aliphatic carbocycles. The van der Waals surface area contributed by atoms with Gasteiger partial charge in [0.05, 0.1) is 6.54 Å². The molecule has 0 aliphatic rings. The maximum absolute atomic E-state index is 11.8. The van der Waals surface area contributed by atoms with Gasteiger partial charge in [-0.05, 0) is 6.07 Å². The lowest BCUT2D eigenvalue weighted by atomic mass is 10.4. The molecule has 0 bridgehead atoms. The number of sulfonamides is 1. The van der Waals surface area contributed by atoms with E-state index < -0.39 is 22.3 Å². The van der Waals surface area contributed by atoms with Crippen molar-refractivity contribution in [2.75, 3.05) is 20.8 Å². The van der Waals surface area contributed by atoms with Gasteiger partial charge in [0, 0.05) is 20.4 Å². The quantitative estimate of drug-likeness (QED) is 0.585. The molecule has 0 spiro atoms. The van der Waals surface area contributed by atoms with Crippen molar-refractivity contribution < 1.29 is 27.8 Å². The molecule has 9 heteroatoms. The number of carboxylic acids is 1. The summed E-state index contributed by atoms with van der Waals surface area (Å²) in [6.07, 6.45) is 0.387. The van der Waals surface area contributed by atoms with Crippen molar-refractivity contribution in [3.63, 3.8) is 0 Å². The van der Waals surface area contributed by atoms with E-state index in [1.807, 2.05) is 0 Å². The van der Waals surface area contributed by atoms with Crippen LogP contribution in [0, 0.1) is 0 Å². The fourth-order valence-electron chi connectivity index (χ4n) is 1.18. The number of nitrogens with one attached hydrogen (secondary N) is 2. The van der Waals surface area contributed by atoms with Crippen LogP contribution in [0.1, 0.15) is 10.5 Å². The molecule has 1 heterocycles. The first-order valence-electron chi connectivity index (χ1n) is 4.87. The Labute approximate surface area is 104 Å². The van der Waals surface area contributed by atoms with Crippen LogP contribution in [0.3, 0.4) is 0 Å². The lowest BCUT2D eigenvalue weighted by Gasteiger charge is -2.13. The Morgan fingerprint density at radius 3 is 2.56 bits per heavy atom. The second kappa shape index (κ2) is 5.96. The highest BCUT2D eigenvalue weighted by Crippen LogP contribution is 2.10. The molecular formula is C9H14N2O6S. The lowest BCUT2D eigenvalue weighted by Crippen LogP contribution is -2.34. The standard InChI is InChI=1S/C9H14N2O6S/c1-16-8(17-2)5-11-18(14,15)6-3-7(9(12)13)10-4-6/h3-4,8,10-11H,5H2,1-2H3,(H,12,13). The Balaban J connectivity index is 2.76. The van der Waals surface area contributed by atoms with Gasteiger partial charge in [0.25, 0.3) is 0 Å². The minimum absolute atomic E-state index is 0.0804. The van der Waals surface area contributed by atoms with Crippen LogP contribution in [0.15, 0.2) is 17.2 Å². The van der Waals surface area contributed by atoms with Crippen LogP contribution in [0.2, 0.25) is 0 Å². The Bertz CT molecular complexity index is 505. The van der Waals surface area contributed by atoms with Gasteiger partial charge in [-0.15, -0.1) is 0 Å². The number of methoxy groups -OCH3 is 2. The van der Waals surface area contributed by atoms with Crippen LogP contribution in [-0.2, 0) is 19.5 Å². The Morgan fingerprint density at radius 2 is 2.11 bits per heavy atom. The highest BCUT2D eigenvalue weighted by Gasteiger charge is 2.19. The summed E-state index contributed by atoms with van der Waals surface area (Å²) >= 11 is 0. The van der Waals surface area contributed by atoms with E-state index in [9.17, 15) is 13.2 Å². The van der Waals surface area contributed by atoms with E-state index in [0.717, 1.165) is 12.3 Å². The summed E-state index contributed by atoms with van der Waals surface area (Å²) in [5.41, 5.74) is -0.203. The highest BCUT2D eigenvalue weighted by molar-refractivity contribution is 7.89. The maximum atomic E-state index is 11.8. The van der Waals surface area contributed by atoms with Gasteiger partial charge < -0.3 is 19.6 Å². The van der Waals surface area contributed by atoms with Crippen molar-refractivity contribution in [1.29, 1.82) is 0 Å². The first-order valence-corrected chi connectivity index (χ1v) is 6.36. The van der Waals surface area contributed by atoms with Gasteiger partial charge >= 0.3 is 5.97 Å². The summed E-state index contributed by atoms with van der Waals surface area (Å²) in [7, 11) is -1.04. The number of aromatic carboxylic acids is 1. The molecule has 0 atom stereocenters. The Kier molecular flexibility index (Phi) is 4.84. The summed E-state index contributed by atoms with van der Waals surface area (Å²) in [6, 6.07) is 1.03. The fraction of sp³-hybridized carbons (Fsp3) is 0.444. The molecule has 1 rings (SSSR count). The number of hydrogen-bond donors (Lipinski definition) is 3. The van der Waals surface area contributed by atoms with Gasteiger partial charge in [-0.2, -0.15) is 0 Å². The smallest absolute Gasteiger partial charge is 0.352 e. The van der Waals surface area contributed by atoms with E-state index in [1.54, 1.807) is 0 Å². The molecule has 0 unspecified atom stereocenters. The van der Waals surface area contributed by atoms with Crippen LogP contribution >= 0.6 is 0 Å². The van der Waals surface area contributed by atoms with Gasteiger partial charge in [-0.1, -0.05) is 0 Å². The summed E-state index contributed by atoms with van der Waals surface area (Å²) in [4.78, 5) is 12.8. The number of aromatic nitrogens is 1. The minimum atomic E-state index is -3.79. The van der Waals surface area contributed by atoms with Gasteiger partial charge in [0.15, 0.2) is 6.29 Å². The molecule has 102 valence electrons. The zero-order valence-electron chi connectivity index (χ0n) is 9.84. The van der Waals surface area contributed by atoms with Crippen molar-refractivity contribution >= 4 is 16.0 Å². The number of carbonyl (C=O) groups is 1. The SMILES string of the molecule is COC(CNS(=O)(=O)c1c[nH]c(C(=O)O)c1)OC. The Morgan fingerprint density at radius 1 is 1.50 bits per heavy atom. The predicted octanol–water partition coefficient (Wildman–Crippen LogP) is -0.390. The first kappa shape index (κ1) is 14.6. The number of carboxylic acid groups (broad SMARTS) is 1. The van der Waals surface area contributed by atoms with Crippen molar-refractivity contribution in [2.24, 2.45) is 0 Å². The second-order valence-corrected chi connectivity index (χ2v) is 5.07. The monoisotopic (exact) mass is 278 g/mol. The molecule has 3 N–H and O–H groups in total. The number of aromatic amines is 1. The second-order valence-electron chi connectivity index (χ2n) is 3.31. The molecule has 0 aromatic carbocycles. The number of hydrogen-bond acceptors (Lipinski definition) is 5. The van der Waals surface area contributed by atoms with Gasteiger partial charge in [0.1, 0.15) is 10.6 Å². The molecule has 0 radical (unpaired) electrons. The average Bonchev–Trinajstić information content (AvgIpc) is 2.80. The Hall–Kier alpha value is -1.42. The molecule has 1 aromatic heterocycles. The molecular weight excluding hydrogens is 264 g/mol. The van der Waals surface area contributed by atoms with E-state index in [-0.39, 0.29) is 17.1 Å². The van der Waals surface area contributed by atoms with Gasteiger partial charge in [-0.25, -0.2) is 17.9 Å². The lowest BCUT2D eigenvalue weighted by molar-refractivity contribution is -0.0960. The van der Waals surface area contributed by atoms with Crippen molar-refractivity contribution in [3.8, 4) is 0 Å². The third kappa shape index (κ3) is 3.53. The zero-order valence-corrected chi connectivity index (χ0v) is 10.7. The molecule has 1 aromatic rings. The molecule has 0 saturated heterocycles. The average molecular weight is 278 g/mol. The number of ether oxygens (including phenoxy) is 2. The van der Waals surface area contributed by atoms with Crippen LogP contribution in [0.4, 0.5) is 0 Å². The van der Waals surface area contributed by atoms with E-state index >= 15 is 0 Å². The zero-order chi connectivity index (χ0) is 13.8. The van der Waals surface area contributed by atoms with Crippen LogP contribution in [0.5, 0.6) is 0 Å². The highest BCUT2D eigenvalue weighted by atomic mass is 32.2. The molecule has 18 heavy (non-hydrogen) atoms. The fourth-order valence-corrected chi connectivity index (χ4v) is 2.19. The van der Waals surface area contributed by atoms with E-state index in [2.05, 4.69) is 9.71 Å². The summed E-state index contributed by atoms with van der Waals surface area (Å²) in [5, 5.41) is 8.67. The van der Waals surface area contributed by atoms with Crippen LogP contribution < -0.4 is 4.72 Å². The van der Waals surface area contributed by atoms with Crippen molar-refractivity contribution in [2.45, 2.75) is 11.2 Å². The topological polar surface area (TPSA) is 118 Å². The van der Waals surface area contributed by atoms with Crippen LogP contribution in [-0.4, -0.2) is 51.5 Å². The molecule has 0 aliphatic heterocycles. The molecule has 0 amide bonds. The number of rotatable bonds is 7. The third-order valence-electron chi connectivity index (χ3n) is 2.16. The van der Waals surface area contributed by atoms with E-state index in [1.165, 1.54) is 14.2 Å². The van der Waals surface area contributed by atoms with Crippen molar-refractivity contribution in [1.82, 2.24) is 9.71 Å². The third-order valence-corrected chi connectivity index (χ3v) is 3.57. The largest absolute Gasteiger partial charge is 0.477 e. The summed E-state index contributed by atoms with van der Waals surface area (Å²) < 4.78 is 35.4. The van der Waals surface area contributed by atoms with E-state index in [0.29, 0.717) is 0 Å². The number of H-pyrrole nitrogens is 1. The molecule has 0 saturated carbocycles. The predicted molar refractivity (Wildman–Crippen MR) is 60.7 cm³/mol.